The fourth-order valence-electron chi connectivity index (χ4n) is 1.93. The van der Waals surface area contributed by atoms with E-state index in [2.05, 4.69) is 15.3 Å². The lowest BCUT2D eigenvalue weighted by Crippen LogP contribution is -1.95. The Morgan fingerprint density at radius 3 is 2.57 bits per heavy atom. The zero-order valence-electron chi connectivity index (χ0n) is 11.6. The quantitative estimate of drug-likeness (QED) is 0.391. The van der Waals surface area contributed by atoms with Crippen molar-refractivity contribution in [2.24, 2.45) is 5.10 Å². The van der Waals surface area contributed by atoms with E-state index in [0.29, 0.717) is 17.0 Å². The molecule has 1 heterocycles. The van der Waals surface area contributed by atoms with Gasteiger partial charge in [-0.1, -0.05) is 0 Å². The number of aromatic amines is 1. The number of phenolic OH excluding ortho intramolecular Hbond substituents is 2. The van der Waals surface area contributed by atoms with Gasteiger partial charge in [0, 0.05) is 5.56 Å². The molecule has 6 nitrogen and oxygen atoms in total. The summed E-state index contributed by atoms with van der Waals surface area (Å²) in [5.74, 6) is -0.385. The maximum absolute atomic E-state index is 13.0. The zero-order chi connectivity index (χ0) is 16.4. The van der Waals surface area contributed by atoms with E-state index >= 15 is 0 Å². The molecule has 0 atom stereocenters. The monoisotopic (exact) mass is 330 g/mol. The van der Waals surface area contributed by atoms with E-state index in [1.54, 1.807) is 18.2 Å². The summed E-state index contributed by atoms with van der Waals surface area (Å²) in [5, 5.41) is 29.7. The van der Waals surface area contributed by atoms with Gasteiger partial charge < -0.3 is 10.2 Å². The fraction of sp³-hybridized carbons (Fsp3) is 0. The van der Waals surface area contributed by atoms with Gasteiger partial charge in [-0.25, -0.2) is 9.49 Å². The Morgan fingerprint density at radius 2 is 1.87 bits per heavy atom. The first-order chi connectivity index (χ1) is 11.0. The fourth-order valence-corrected chi connectivity index (χ4v) is 2.11. The first-order valence-electron chi connectivity index (χ1n) is 6.54. The van der Waals surface area contributed by atoms with Crippen molar-refractivity contribution in [1.29, 1.82) is 0 Å². The molecule has 116 valence electrons. The molecule has 0 bridgehead atoms. The molecule has 0 aliphatic rings. The van der Waals surface area contributed by atoms with Crippen LogP contribution in [0.5, 0.6) is 11.5 Å². The molecule has 0 radical (unpaired) electrons. The molecule has 0 aliphatic carbocycles. The third kappa shape index (κ3) is 3.11. The lowest BCUT2D eigenvalue weighted by atomic mass is 10.2. The first-order valence-corrected chi connectivity index (χ1v) is 6.95. The van der Waals surface area contributed by atoms with Crippen molar-refractivity contribution in [3.8, 4) is 22.9 Å². The van der Waals surface area contributed by atoms with Crippen LogP contribution in [0.4, 0.5) is 4.39 Å². The van der Waals surface area contributed by atoms with E-state index in [-0.39, 0.29) is 22.1 Å². The minimum absolute atomic E-state index is 0.214. The summed E-state index contributed by atoms with van der Waals surface area (Å²) in [4.78, 5) is 0. The SMILES string of the molecule is Oc1ccc(/C=N\n2c(-c3ccc(F)cc3)n[nH]c2=S)cc1O. The number of benzene rings is 2. The highest BCUT2D eigenvalue weighted by molar-refractivity contribution is 7.71. The predicted octanol–water partition coefficient (Wildman–Crippen LogP) is 3.04. The van der Waals surface area contributed by atoms with E-state index in [4.69, 9.17) is 12.2 Å². The second kappa shape index (κ2) is 6.01. The summed E-state index contributed by atoms with van der Waals surface area (Å²) in [5.41, 5.74) is 1.21. The molecule has 0 spiro atoms. The van der Waals surface area contributed by atoms with Gasteiger partial charge in [0.2, 0.25) is 4.77 Å². The number of hydrogen-bond acceptors (Lipinski definition) is 5. The molecular formula is C15H11FN4O2S. The molecule has 1 aromatic heterocycles. The number of aromatic hydroxyl groups is 2. The molecule has 0 amide bonds. The van der Waals surface area contributed by atoms with E-state index in [1.165, 1.54) is 35.2 Å². The average Bonchev–Trinajstić information content (AvgIpc) is 2.90. The second-order valence-electron chi connectivity index (χ2n) is 4.66. The molecule has 3 rings (SSSR count). The van der Waals surface area contributed by atoms with E-state index in [1.807, 2.05) is 0 Å². The van der Waals surface area contributed by atoms with Crippen LogP contribution in [0.25, 0.3) is 11.4 Å². The van der Waals surface area contributed by atoms with Crippen LogP contribution in [0.3, 0.4) is 0 Å². The zero-order valence-corrected chi connectivity index (χ0v) is 12.5. The molecule has 0 saturated heterocycles. The highest BCUT2D eigenvalue weighted by Gasteiger charge is 2.08. The largest absolute Gasteiger partial charge is 0.504 e. The van der Waals surface area contributed by atoms with Crippen molar-refractivity contribution in [2.45, 2.75) is 0 Å². The first kappa shape index (κ1) is 14.9. The lowest BCUT2D eigenvalue weighted by Gasteiger charge is -2.01. The van der Waals surface area contributed by atoms with Gasteiger partial charge in [-0.3, -0.25) is 0 Å². The Bertz CT molecular complexity index is 931. The Hall–Kier alpha value is -3.00. The number of rotatable bonds is 3. The van der Waals surface area contributed by atoms with Gasteiger partial charge >= 0.3 is 0 Å². The Balaban J connectivity index is 1.98. The van der Waals surface area contributed by atoms with E-state index in [0.717, 1.165) is 0 Å². The van der Waals surface area contributed by atoms with Gasteiger partial charge in [-0.05, 0) is 60.2 Å². The molecule has 8 heteroatoms. The van der Waals surface area contributed by atoms with Crippen LogP contribution in [0.1, 0.15) is 5.56 Å². The summed E-state index contributed by atoms with van der Waals surface area (Å²) in [6, 6.07) is 10.1. The van der Waals surface area contributed by atoms with Crippen LogP contribution in [-0.2, 0) is 0 Å². The van der Waals surface area contributed by atoms with Crippen LogP contribution in [0.15, 0.2) is 47.6 Å². The van der Waals surface area contributed by atoms with Crippen LogP contribution in [0.2, 0.25) is 0 Å². The van der Waals surface area contributed by atoms with Crippen molar-refractivity contribution in [1.82, 2.24) is 14.9 Å². The maximum atomic E-state index is 13.0. The Kier molecular flexibility index (Phi) is 3.90. The van der Waals surface area contributed by atoms with Gasteiger partial charge in [-0.2, -0.15) is 14.9 Å². The van der Waals surface area contributed by atoms with Crippen molar-refractivity contribution in [3.05, 3.63) is 58.6 Å². The Morgan fingerprint density at radius 1 is 1.13 bits per heavy atom. The molecule has 23 heavy (non-hydrogen) atoms. The van der Waals surface area contributed by atoms with Crippen LogP contribution >= 0.6 is 12.2 Å². The van der Waals surface area contributed by atoms with Crippen LogP contribution in [0, 0.1) is 10.6 Å². The molecule has 0 unspecified atom stereocenters. The summed E-state index contributed by atoms with van der Waals surface area (Å²) in [6.45, 7) is 0. The smallest absolute Gasteiger partial charge is 0.216 e. The van der Waals surface area contributed by atoms with Crippen LogP contribution in [-0.4, -0.2) is 31.3 Å². The molecule has 0 fully saturated rings. The number of aromatic nitrogens is 3. The minimum Gasteiger partial charge on any atom is -0.504 e. The summed E-state index contributed by atoms with van der Waals surface area (Å²) >= 11 is 5.13. The maximum Gasteiger partial charge on any atom is 0.216 e. The third-order valence-electron chi connectivity index (χ3n) is 3.07. The number of phenols is 2. The number of nitrogens with one attached hydrogen (secondary N) is 1. The molecular weight excluding hydrogens is 319 g/mol. The molecule has 0 saturated carbocycles. The topological polar surface area (TPSA) is 86.4 Å². The summed E-state index contributed by atoms with van der Waals surface area (Å²) < 4.78 is 14.7. The number of hydrogen-bond donors (Lipinski definition) is 3. The van der Waals surface area contributed by atoms with Gasteiger partial charge in [0.05, 0.1) is 6.21 Å². The standard InChI is InChI=1S/C15H11FN4O2S/c16-11-4-2-10(3-5-11)14-18-19-15(23)20(14)17-8-9-1-6-12(21)13(22)7-9/h1-8,21-22H,(H,19,23)/b17-8-. The van der Waals surface area contributed by atoms with Gasteiger partial charge in [0.15, 0.2) is 17.3 Å². The molecule has 0 aliphatic heterocycles. The second-order valence-corrected chi connectivity index (χ2v) is 5.05. The predicted molar refractivity (Wildman–Crippen MR) is 85.6 cm³/mol. The van der Waals surface area contributed by atoms with Crippen molar-refractivity contribution in [3.63, 3.8) is 0 Å². The van der Waals surface area contributed by atoms with Gasteiger partial charge in [-0.15, -0.1) is 0 Å². The highest BCUT2D eigenvalue weighted by Crippen LogP contribution is 2.24. The average molecular weight is 330 g/mol. The highest BCUT2D eigenvalue weighted by atomic mass is 32.1. The van der Waals surface area contributed by atoms with Crippen LogP contribution < -0.4 is 0 Å². The van der Waals surface area contributed by atoms with Crippen molar-refractivity contribution in [2.75, 3.05) is 0 Å². The summed E-state index contributed by atoms with van der Waals surface area (Å²) in [7, 11) is 0. The number of nitrogens with zero attached hydrogens (tertiary/aromatic N) is 3. The minimum atomic E-state index is -0.350. The number of H-pyrrole nitrogens is 1. The van der Waals surface area contributed by atoms with Crippen molar-refractivity contribution >= 4 is 18.4 Å². The summed E-state index contributed by atoms with van der Waals surface area (Å²) in [6.07, 6.45) is 1.46. The lowest BCUT2D eigenvalue weighted by molar-refractivity contribution is 0.403. The molecule has 2 aromatic carbocycles. The number of halogens is 1. The molecule has 3 aromatic rings. The van der Waals surface area contributed by atoms with Crippen molar-refractivity contribution < 1.29 is 14.6 Å². The molecule has 3 N–H and O–H groups in total. The van der Waals surface area contributed by atoms with E-state index < -0.39 is 0 Å². The third-order valence-corrected chi connectivity index (χ3v) is 3.34. The normalized spacial score (nSPS) is 11.2. The van der Waals surface area contributed by atoms with Gasteiger partial charge in [0.1, 0.15) is 5.82 Å². The Labute approximate surface area is 135 Å². The van der Waals surface area contributed by atoms with E-state index in [9.17, 15) is 14.6 Å². The van der Waals surface area contributed by atoms with Gasteiger partial charge in [0.25, 0.3) is 0 Å².